The van der Waals surface area contributed by atoms with Crippen molar-refractivity contribution in [2.45, 2.75) is 70.8 Å². The second kappa shape index (κ2) is 7.23. The maximum Gasteiger partial charge on any atom is 0.303 e. The Hall–Kier alpha value is -1.14. The highest BCUT2D eigenvalue weighted by atomic mass is 32.2. The summed E-state index contributed by atoms with van der Waals surface area (Å²) >= 11 is 1.64. The minimum absolute atomic E-state index is 0.0516. The van der Waals surface area contributed by atoms with Crippen LogP contribution in [0.2, 0.25) is 0 Å². The van der Waals surface area contributed by atoms with Gasteiger partial charge in [-0.2, -0.15) is 0 Å². The molecular formula is C23H31FO4S. The van der Waals surface area contributed by atoms with Crippen molar-refractivity contribution in [1.29, 1.82) is 0 Å². The van der Waals surface area contributed by atoms with Gasteiger partial charge in [-0.1, -0.05) is 18.6 Å². The Morgan fingerprint density at radius 2 is 2.00 bits per heavy atom. The zero-order valence-electron chi connectivity index (χ0n) is 17.7. The number of ether oxygens (including phenoxy) is 2. The van der Waals surface area contributed by atoms with Crippen LogP contribution in [0.15, 0.2) is 23.8 Å². The monoisotopic (exact) mass is 422 g/mol. The fraction of sp³-hybridized carbons (Fsp3) is 0.739. The summed E-state index contributed by atoms with van der Waals surface area (Å²) in [5.41, 5.74) is -2.04. The van der Waals surface area contributed by atoms with Gasteiger partial charge in [0, 0.05) is 23.7 Å². The number of allylic oxidation sites excluding steroid dienone is 4. The van der Waals surface area contributed by atoms with Gasteiger partial charge >= 0.3 is 5.97 Å². The van der Waals surface area contributed by atoms with Crippen molar-refractivity contribution in [1.82, 2.24) is 0 Å². The van der Waals surface area contributed by atoms with Crippen molar-refractivity contribution in [2.75, 3.05) is 12.2 Å². The van der Waals surface area contributed by atoms with Crippen molar-refractivity contribution in [2.24, 2.45) is 22.7 Å². The van der Waals surface area contributed by atoms with Gasteiger partial charge in [0.1, 0.15) is 6.10 Å². The fourth-order valence-electron chi connectivity index (χ4n) is 6.88. The maximum atomic E-state index is 17.4. The molecule has 0 saturated heterocycles. The molecule has 0 aromatic carbocycles. The molecule has 0 N–H and O–H groups in total. The lowest BCUT2D eigenvalue weighted by atomic mass is 9.45. The Morgan fingerprint density at radius 3 is 2.69 bits per heavy atom. The maximum absolute atomic E-state index is 17.4. The summed E-state index contributed by atoms with van der Waals surface area (Å²) in [6, 6.07) is 0. The molecule has 0 amide bonds. The van der Waals surface area contributed by atoms with Crippen LogP contribution in [0.3, 0.4) is 0 Å². The average Bonchev–Trinajstić information content (AvgIpc) is 2.97. The minimum Gasteiger partial charge on any atom is -0.459 e. The Kier molecular flexibility index (Phi) is 5.26. The van der Waals surface area contributed by atoms with Gasteiger partial charge < -0.3 is 9.47 Å². The quantitative estimate of drug-likeness (QED) is 0.488. The highest BCUT2D eigenvalue weighted by Gasteiger charge is 2.71. The first kappa shape index (κ1) is 21.1. The highest BCUT2D eigenvalue weighted by molar-refractivity contribution is 7.98. The molecule has 160 valence electrons. The van der Waals surface area contributed by atoms with Crippen molar-refractivity contribution in [3.8, 4) is 0 Å². The summed E-state index contributed by atoms with van der Waals surface area (Å²) in [6.07, 6.45) is 9.68. The number of fused-ring (bicyclic) bond motifs is 5. The topological polar surface area (TPSA) is 52.6 Å². The molecule has 0 radical (unpaired) electrons. The van der Waals surface area contributed by atoms with Gasteiger partial charge in [-0.3, -0.25) is 9.59 Å². The molecular weight excluding hydrogens is 391 g/mol. The predicted octanol–water partition coefficient (Wildman–Crippen LogP) is 4.63. The largest absolute Gasteiger partial charge is 0.459 e. The van der Waals surface area contributed by atoms with Crippen LogP contribution in [-0.4, -0.2) is 41.8 Å². The number of carbonyl (C=O) groups excluding carboxylic acids is 2. The van der Waals surface area contributed by atoms with Crippen molar-refractivity contribution in [3.05, 3.63) is 23.8 Å². The van der Waals surface area contributed by atoms with Crippen molar-refractivity contribution < 1.29 is 23.5 Å². The molecule has 0 bridgehead atoms. The number of ketones is 1. The van der Waals surface area contributed by atoms with E-state index in [4.69, 9.17) is 9.47 Å². The summed E-state index contributed by atoms with van der Waals surface area (Å²) < 4.78 is 29.2. The van der Waals surface area contributed by atoms with Gasteiger partial charge in [0.25, 0.3) is 0 Å². The molecule has 6 heteroatoms. The molecule has 4 aliphatic carbocycles. The molecule has 0 heterocycles. The van der Waals surface area contributed by atoms with Gasteiger partial charge in [-0.25, -0.2) is 4.39 Å². The Bertz CT molecular complexity index is 779. The standard InChI is InChI=1S/C23H31FO4S/c1-14(25)28-20-12-21(2)17(7-8-19(21)27-13-29-4)18-6-5-15-11-16(26)9-10-22(15,3)23(18,20)24/h9-11,17-20H,5-8,12-13H2,1-4H3/t17-,18-,19-,20-,21-,22-,23-/m0/s1. The van der Waals surface area contributed by atoms with Crippen LogP contribution in [0.4, 0.5) is 4.39 Å². The summed E-state index contributed by atoms with van der Waals surface area (Å²) in [6.45, 7) is 5.43. The number of alkyl halides is 1. The van der Waals surface area contributed by atoms with Crippen LogP contribution >= 0.6 is 11.8 Å². The third-order valence-corrected chi connectivity index (χ3v) is 8.59. The van der Waals surface area contributed by atoms with Crippen molar-refractivity contribution in [3.63, 3.8) is 0 Å². The van der Waals surface area contributed by atoms with E-state index in [0.29, 0.717) is 25.2 Å². The van der Waals surface area contributed by atoms with Crippen LogP contribution in [0, 0.1) is 22.7 Å². The van der Waals surface area contributed by atoms with Gasteiger partial charge in [0.2, 0.25) is 0 Å². The molecule has 4 aliphatic rings. The summed E-state index contributed by atoms with van der Waals surface area (Å²) in [7, 11) is 0. The number of carbonyl (C=O) groups is 2. The molecule has 4 rings (SSSR count). The number of halogens is 1. The number of esters is 1. The third-order valence-electron chi connectivity index (χ3n) is 8.22. The summed E-state index contributed by atoms with van der Waals surface area (Å²) in [5.74, 6) is 0.0224. The number of hydrogen-bond acceptors (Lipinski definition) is 5. The van der Waals surface area contributed by atoms with Crippen molar-refractivity contribution >= 4 is 23.5 Å². The molecule has 0 aliphatic heterocycles. The first-order valence-corrected chi connectivity index (χ1v) is 12.0. The molecule has 3 saturated carbocycles. The van der Waals surface area contributed by atoms with E-state index >= 15 is 4.39 Å². The molecule has 7 atom stereocenters. The van der Waals surface area contributed by atoms with Crippen LogP contribution in [0.1, 0.15) is 52.9 Å². The Labute approximate surface area is 176 Å². The molecule has 4 nitrogen and oxygen atoms in total. The normalized spacial score (nSPS) is 45.8. The highest BCUT2D eigenvalue weighted by Crippen LogP contribution is 2.68. The van der Waals surface area contributed by atoms with Crippen LogP contribution in [0.25, 0.3) is 0 Å². The van der Waals surface area contributed by atoms with Crippen LogP contribution in [-0.2, 0) is 19.1 Å². The van der Waals surface area contributed by atoms with Crippen LogP contribution < -0.4 is 0 Å². The summed E-state index contributed by atoms with van der Waals surface area (Å²) in [5, 5.41) is 0. The van der Waals surface area contributed by atoms with E-state index in [1.165, 1.54) is 13.0 Å². The molecule has 0 unspecified atom stereocenters. The molecule has 0 aromatic heterocycles. The number of rotatable bonds is 4. The van der Waals surface area contributed by atoms with E-state index in [2.05, 4.69) is 6.92 Å². The lowest BCUT2D eigenvalue weighted by Crippen LogP contribution is -2.67. The minimum atomic E-state index is -1.72. The smallest absolute Gasteiger partial charge is 0.303 e. The number of hydrogen-bond donors (Lipinski definition) is 0. The molecule has 29 heavy (non-hydrogen) atoms. The molecule has 0 aromatic rings. The zero-order valence-corrected chi connectivity index (χ0v) is 18.5. The van der Waals surface area contributed by atoms with E-state index in [1.54, 1.807) is 23.9 Å². The van der Waals surface area contributed by atoms with E-state index in [9.17, 15) is 9.59 Å². The first-order chi connectivity index (χ1) is 13.7. The third kappa shape index (κ3) is 2.96. The lowest BCUT2D eigenvalue weighted by molar-refractivity contribution is -0.218. The predicted molar refractivity (Wildman–Crippen MR) is 111 cm³/mol. The summed E-state index contributed by atoms with van der Waals surface area (Å²) in [4.78, 5) is 24.0. The molecule has 0 spiro atoms. The fourth-order valence-corrected chi connectivity index (χ4v) is 7.18. The van der Waals surface area contributed by atoms with Crippen LogP contribution in [0.5, 0.6) is 0 Å². The second-order valence-electron chi connectivity index (χ2n) is 9.57. The second-order valence-corrected chi connectivity index (χ2v) is 10.4. The van der Waals surface area contributed by atoms with E-state index in [1.807, 2.05) is 13.2 Å². The lowest BCUT2D eigenvalue weighted by Gasteiger charge is -2.62. The Balaban J connectivity index is 1.78. The van der Waals surface area contributed by atoms with E-state index < -0.39 is 23.2 Å². The first-order valence-electron chi connectivity index (χ1n) is 10.6. The van der Waals surface area contributed by atoms with Gasteiger partial charge in [-0.15, -0.1) is 11.8 Å². The van der Waals surface area contributed by atoms with Gasteiger partial charge in [0.15, 0.2) is 11.5 Å². The van der Waals surface area contributed by atoms with Gasteiger partial charge in [-0.05, 0) is 63.4 Å². The zero-order chi connectivity index (χ0) is 21.0. The SMILES string of the molecule is CSCO[C@H]1CC[C@H]2[C@@H]3CCC4=CC(=O)C=C[C@]4(C)[C@@]3(F)[C@@H](OC(C)=O)C[C@]12C. The number of thioether (sulfide) groups is 1. The Morgan fingerprint density at radius 1 is 1.24 bits per heavy atom. The van der Waals surface area contributed by atoms with Gasteiger partial charge in [0.05, 0.1) is 12.0 Å². The molecule has 3 fully saturated rings. The van der Waals surface area contributed by atoms with E-state index in [0.717, 1.165) is 18.4 Å². The van der Waals surface area contributed by atoms with E-state index in [-0.39, 0.29) is 29.1 Å². The average molecular weight is 423 g/mol.